The molecule has 154 valence electrons. The highest BCUT2D eigenvalue weighted by atomic mass is 32.2. The van der Waals surface area contributed by atoms with Crippen LogP contribution in [0, 0.1) is 10.1 Å². The van der Waals surface area contributed by atoms with Crippen molar-refractivity contribution in [2.24, 2.45) is 4.99 Å². The van der Waals surface area contributed by atoms with Gasteiger partial charge >= 0.3 is 6.18 Å². The van der Waals surface area contributed by atoms with Gasteiger partial charge in [0.05, 0.1) is 28.5 Å². The lowest BCUT2D eigenvalue weighted by Gasteiger charge is -2.20. The summed E-state index contributed by atoms with van der Waals surface area (Å²) in [6.45, 7) is 0.307. The Balaban J connectivity index is 1.75. The zero-order chi connectivity index (χ0) is 21.2. The Bertz CT molecular complexity index is 1050. The van der Waals surface area contributed by atoms with E-state index >= 15 is 0 Å². The average Bonchev–Trinajstić information content (AvgIpc) is 3.15. The maximum atomic E-state index is 12.8. The number of sulfonamides is 1. The monoisotopic (exact) mass is 445 g/mol. The van der Waals surface area contributed by atoms with Gasteiger partial charge in [0, 0.05) is 17.9 Å². The standard InChI is InChI=1S/C17H14F3N3O4S2/c18-17(19,20)13-3-1-2-12(10-13)11-28-16-21-8-9-22(16)29(26,27)15-6-4-14(5-7-15)23(24)25/h1-7,10H,8-9,11H2. The van der Waals surface area contributed by atoms with Gasteiger partial charge in [-0.3, -0.25) is 15.1 Å². The summed E-state index contributed by atoms with van der Waals surface area (Å²) >= 11 is 1.02. The van der Waals surface area contributed by atoms with Gasteiger partial charge in [-0.15, -0.1) is 0 Å². The first kappa shape index (κ1) is 21.1. The van der Waals surface area contributed by atoms with E-state index < -0.39 is 26.7 Å². The Morgan fingerprint density at radius 2 is 1.86 bits per heavy atom. The summed E-state index contributed by atoms with van der Waals surface area (Å²) in [4.78, 5) is 14.1. The zero-order valence-corrected chi connectivity index (χ0v) is 16.3. The van der Waals surface area contributed by atoms with Crippen molar-refractivity contribution in [1.82, 2.24) is 4.31 Å². The van der Waals surface area contributed by atoms with Gasteiger partial charge in [-0.25, -0.2) is 12.7 Å². The molecule has 0 amide bonds. The summed E-state index contributed by atoms with van der Waals surface area (Å²) in [5.74, 6) is 0.106. The molecule has 0 aromatic heterocycles. The maximum Gasteiger partial charge on any atom is 0.416 e. The number of hydrogen-bond donors (Lipinski definition) is 0. The fraction of sp³-hybridized carbons (Fsp3) is 0.235. The second-order valence-corrected chi connectivity index (χ2v) is 8.78. The van der Waals surface area contributed by atoms with E-state index in [0.29, 0.717) is 5.56 Å². The lowest BCUT2D eigenvalue weighted by Crippen LogP contribution is -2.32. The molecule has 12 heteroatoms. The molecule has 0 saturated heterocycles. The number of hydrogen-bond acceptors (Lipinski definition) is 6. The Labute approximate surface area is 168 Å². The van der Waals surface area contributed by atoms with Gasteiger partial charge < -0.3 is 0 Å². The minimum absolute atomic E-state index is 0.0875. The zero-order valence-electron chi connectivity index (χ0n) is 14.7. The van der Waals surface area contributed by atoms with Gasteiger partial charge in [-0.05, 0) is 23.8 Å². The van der Waals surface area contributed by atoms with Crippen LogP contribution in [0.1, 0.15) is 11.1 Å². The topological polar surface area (TPSA) is 92.9 Å². The van der Waals surface area contributed by atoms with E-state index in [9.17, 15) is 31.7 Å². The molecular formula is C17H14F3N3O4S2. The molecule has 29 heavy (non-hydrogen) atoms. The van der Waals surface area contributed by atoms with Crippen LogP contribution in [0.5, 0.6) is 0 Å². The number of alkyl halides is 3. The predicted molar refractivity (Wildman–Crippen MR) is 102 cm³/mol. The number of nitro benzene ring substituents is 1. The molecule has 1 aliphatic heterocycles. The van der Waals surface area contributed by atoms with Crippen molar-refractivity contribution >= 4 is 32.6 Å². The number of nitrogens with zero attached hydrogens (tertiary/aromatic N) is 3. The fourth-order valence-electron chi connectivity index (χ4n) is 2.60. The van der Waals surface area contributed by atoms with Crippen molar-refractivity contribution in [3.05, 3.63) is 69.8 Å². The number of benzene rings is 2. The van der Waals surface area contributed by atoms with Gasteiger partial charge in [-0.2, -0.15) is 13.2 Å². The molecule has 0 bridgehead atoms. The Kier molecular flexibility index (Phi) is 5.85. The largest absolute Gasteiger partial charge is 0.416 e. The van der Waals surface area contributed by atoms with Gasteiger partial charge in [0.25, 0.3) is 15.7 Å². The molecule has 0 N–H and O–H groups in total. The quantitative estimate of drug-likeness (QED) is 0.514. The summed E-state index contributed by atoms with van der Waals surface area (Å²) in [5.41, 5.74) is -0.635. The van der Waals surface area contributed by atoms with E-state index in [4.69, 9.17) is 0 Å². The Hall–Kier alpha value is -2.60. The molecule has 7 nitrogen and oxygen atoms in total. The first-order valence-electron chi connectivity index (χ1n) is 8.19. The van der Waals surface area contributed by atoms with Gasteiger partial charge in [0.1, 0.15) is 0 Å². The van der Waals surface area contributed by atoms with Crippen molar-refractivity contribution in [2.45, 2.75) is 16.8 Å². The predicted octanol–water partition coefficient (Wildman–Crippen LogP) is 3.91. The van der Waals surface area contributed by atoms with Gasteiger partial charge in [0.15, 0.2) is 5.17 Å². The van der Waals surface area contributed by atoms with Crippen LogP contribution >= 0.6 is 11.8 Å². The van der Waals surface area contributed by atoms with Crippen LogP contribution in [0.3, 0.4) is 0 Å². The minimum atomic E-state index is -4.46. The number of amidine groups is 1. The van der Waals surface area contributed by atoms with Crippen LogP contribution in [-0.4, -0.2) is 35.9 Å². The smallest absolute Gasteiger partial charge is 0.260 e. The number of halogens is 3. The third kappa shape index (κ3) is 4.70. The Morgan fingerprint density at radius 1 is 1.17 bits per heavy atom. The Morgan fingerprint density at radius 3 is 2.48 bits per heavy atom. The van der Waals surface area contributed by atoms with Crippen LogP contribution in [0.2, 0.25) is 0 Å². The van der Waals surface area contributed by atoms with Crippen molar-refractivity contribution in [1.29, 1.82) is 0 Å². The molecule has 3 rings (SSSR count). The van der Waals surface area contributed by atoms with E-state index in [1.165, 1.54) is 12.1 Å². The van der Waals surface area contributed by atoms with E-state index in [2.05, 4.69) is 4.99 Å². The fourth-order valence-corrected chi connectivity index (χ4v) is 5.27. The first-order valence-corrected chi connectivity index (χ1v) is 10.6. The first-order chi connectivity index (χ1) is 13.6. The normalized spacial score (nSPS) is 14.7. The van der Waals surface area contributed by atoms with Gasteiger partial charge in [-0.1, -0.05) is 30.0 Å². The van der Waals surface area contributed by atoms with Gasteiger partial charge in [0.2, 0.25) is 0 Å². The van der Waals surface area contributed by atoms with E-state index in [-0.39, 0.29) is 34.6 Å². The summed E-state index contributed by atoms with van der Waals surface area (Å²) in [6.07, 6.45) is -4.46. The molecule has 2 aromatic carbocycles. The number of non-ortho nitro benzene ring substituents is 1. The minimum Gasteiger partial charge on any atom is -0.260 e. The van der Waals surface area contributed by atoms with Crippen molar-refractivity contribution in [3.63, 3.8) is 0 Å². The lowest BCUT2D eigenvalue weighted by atomic mass is 10.1. The average molecular weight is 445 g/mol. The van der Waals surface area contributed by atoms with Crippen LogP contribution in [0.4, 0.5) is 18.9 Å². The van der Waals surface area contributed by atoms with Crippen molar-refractivity contribution in [3.8, 4) is 0 Å². The van der Waals surface area contributed by atoms with Crippen LogP contribution < -0.4 is 0 Å². The summed E-state index contributed by atoms with van der Waals surface area (Å²) < 4.78 is 65.2. The lowest BCUT2D eigenvalue weighted by molar-refractivity contribution is -0.384. The van der Waals surface area contributed by atoms with E-state index in [1.807, 2.05) is 0 Å². The number of aliphatic imine (C=N–C) groups is 1. The summed E-state index contributed by atoms with van der Waals surface area (Å²) in [5, 5.41) is 10.9. The molecule has 0 saturated carbocycles. The summed E-state index contributed by atoms with van der Waals surface area (Å²) in [7, 11) is -3.99. The SMILES string of the molecule is O=[N+]([O-])c1ccc(S(=O)(=O)N2CCN=C2SCc2cccc(C(F)(F)F)c2)cc1. The van der Waals surface area contributed by atoms with Crippen molar-refractivity contribution in [2.75, 3.05) is 13.1 Å². The number of nitro groups is 1. The highest BCUT2D eigenvalue weighted by Crippen LogP contribution is 2.31. The molecule has 1 aliphatic rings. The molecule has 0 unspecified atom stereocenters. The third-order valence-electron chi connectivity index (χ3n) is 4.02. The molecule has 0 spiro atoms. The highest BCUT2D eigenvalue weighted by Gasteiger charge is 2.32. The van der Waals surface area contributed by atoms with Crippen LogP contribution in [-0.2, 0) is 22.0 Å². The molecule has 1 heterocycles. The molecule has 2 aromatic rings. The number of rotatable bonds is 5. The summed E-state index contributed by atoms with van der Waals surface area (Å²) in [6, 6.07) is 9.25. The highest BCUT2D eigenvalue weighted by molar-refractivity contribution is 8.14. The molecule has 0 radical (unpaired) electrons. The second-order valence-electron chi connectivity index (χ2n) is 5.98. The van der Waals surface area contributed by atoms with Crippen LogP contribution in [0.15, 0.2) is 58.4 Å². The van der Waals surface area contributed by atoms with Crippen molar-refractivity contribution < 1.29 is 26.5 Å². The number of thioether (sulfide) groups is 1. The molecule has 0 atom stereocenters. The molecule has 0 aliphatic carbocycles. The molecule has 0 fully saturated rings. The van der Waals surface area contributed by atoms with E-state index in [1.54, 1.807) is 0 Å². The third-order valence-corrected chi connectivity index (χ3v) is 7.03. The van der Waals surface area contributed by atoms with E-state index in [0.717, 1.165) is 52.5 Å². The molecular weight excluding hydrogens is 431 g/mol. The maximum absolute atomic E-state index is 12.8. The second kappa shape index (κ2) is 8.03. The van der Waals surface area contributed by atoms with Crippen LogP contribution in [0.25, 0.3) is 0 Å².